The third kappa shape index (κ3) is 3.36. The van der Waals surface area contributed by atoms with Gasteiger partial charge in [-0.25, -0.2) is 8.42 Å². The number of hydrogen-bond donors (Lipinski definition) is 2. The number of fused-ring (bicyclic) bond motifs is 1. The highest BCUT2D eigenvalue weighted by Gasteiger charge is 2.20. The molecule has 1 amide bonds. The highest BCUT2D eigenvalue weighted by Crippen LogP contribution is 2.31. The number of aryl methyl sites for hydroxylation is 1. The zero-order valence-electron chi connectivity index (χ0n) is 12.9. The normalized spacial score (nSPS) is 14.0. The van der Waals surface area contributed by atoms with Crippen LogP contribution in [0, 0.1) is 6.92 Å². The predicted octanol–water partition coefficient (Wildman–Crippen LogP) is 1.37. The van der Waals surface area contributed by atoms with E-state index < -0.39 is 15.9 Å². The van der Waals surface area contributed by atoms with E-state index in [-0.39, 0.29) is 10.5 Å². The first-order chi connectivity index (χ1) is 11.5. The Morgan fingerprint density at radius 3 is 2.58 bits per heavy atom. The van der Waals surface area contributed by atoms with Crippen LogP contribution in [0.5, 0.6) is 11.5 Å². The number of amides is 1. The molecule has 9 heteroatoms. The molecule has 0 fully saturated rings. The van der Waals surface area contributed by atoms with Crippen LogP contribution in [0.25, 0.3) is 0 Å². The van der Waals surface area contributed by atoms with Crippen molar-refractivity contribution in [1.29, 1.82) is 0 Å². The van der Waals surface area contributed by atoms with Crippen molar-refractivity contribution in [2.75, 3.05) is 13.2 Å². The van der Waals surface area contributed by atoms with Crippen molar-refractivity contribution in [3.05, 3.63) is 41.9 Å². The number of carbonyl (C=O) groups is 1. The molecule has 2 N–H and O–H groups in total. The number of nitrogens with one attached hydrogen (secondary N) is 2. The van der Waals surface area contributed by atoms with Crippen LogP contribution in [-0.2, 0) is 10.0 Å². The van der Waals surface area contributed by atoms with Crippen LogP contribution in [0.1, 0.15) is 22.5 Å². The number of furan rings is 1. The van der Waals surface area contributed by atoms with Crippen LogP contribution >= 0.6 is 0 Å². The minimum atomic E-state index is -3.95. The fourth-order valence-corrected chi connectivity index (χ4v) is 3.03. The molecule has 0 spiro atoms. The van der Waals surface area contributed by atoms with Gasteiger partial charge >= 0.3 is 0 Å². The van der Waals surface area contributed by atoms with Crippen molar-refractivity contribution in [2.45, 2.75) is 18.2 Å². The lowest BCUT2D eigenvalue weighted by Gasteiger charge is -2.11. The first-order valence-electron chi connectivity index (χ1n) is 7.23. The van der Waals surface area contributed by atoms with E-state index in [2.05, 4.69) is 5.43 Å². The van der Waals surface area contributed by atoms with Gasteiger partial charge in [0.25, 0.3) is 15.9 Å². The van der Waals surface area contributed by atoms with Crippen LogP contribution in [0.15, 0.2) is 39.8 Å². The Morgan fingerprint density at radius 1 is 1.12 bits per heavy atom. The lowest BCUT2D eigenvalue weighted by atomic mass is 10.2. The second-order valence-electron chi connectivity index (χ2n) is 5.11. The fraction of sp³-hybridized carbons (Fsp3) is 0.267. The van der Waals surface area contributed by atoms with Crippen LogP contribution in [0.3, 0.4) is 0 Å². The Hall–Kier alpha value is -2.52. The summed E-state index contributed by atoms with van der Waals surface area (Å²) in [5.74, 6) is 0.623. The highest BCUT2D eigenvalue weighted by molar-refractivity contribution is 7.89. The third-order valence-electron chi connectivity index (χ3n) is 3.43. The van der Waals surface area contributed by atoms with Crippen LogP contribution in [-0.4, -0.2) is 27.5 Å². The fourth-order valence-electron chi connectivity index (χ4n) is 2.17. The third-order valence-corrected chi connectivity index (χ3v) is 4.68. The lowest BCUT2D eigenvalue weighted by Crippen LogP contribution is -2.41. The Kier molecular flexibility index (Phi) is 4.45. The molecule has 0 bridgehead atoms. The number of benzene rings is 1. The van der Waals surface area contributed by atoms with Gasteiger partial charge in [-0.05, 0) is 25.1 Å². The van der Waals surface area contributed by atoms with Crippen molar-refractivity contribution >= 4 is 15.9 Å². The van der Waals surface area contributed by atoms with Gasteiger partial charge in [-0.1, -0.05) is 0 Å². The maximum atomic E-state index is 12.3. The molecule has 0 aliphatic carbocycles. The first-order valence-corrected chi connectivity index (χ1v) is 8.71. The Bertz CT molecular complexity index is 859. The summed E-state index contributed by atoms with van der Waals surface area (Å²) >= 11 is 0. The molecular formula is C15H16N2O6S. The van der Waals surface area contributed by atoms with Gasteiger partial charge in [0.1, 0.15) is 5.76 Å². The lowest BCUT2D eigenvalue weighted by molar-refractivity contribution is 0.0943. The van der Waals surface area contributed by atoms with Crippen molar-refractivity contribution in [2.24, 2.45) is 0 Å². The molecule has 24 heavy (non-hydrogen) atoms. The number of hydrogen-bond acceptors (Lipinski definition) is 6. The van der Waals surface area contributed by atoms with Gasteiger partial charge in [0, 0.05) is 12.5 Å². The molecule has 2 heterocycles. The van der Waals surface area contributed by atoms with Gasteiger partial charge < -0.3 is 13.9 Å². The van der Waals surface area contributed by atoms with Crippen molar-refractivity contribution in [1.82, 2.24) is 10.3 Å². The van der Waals surface area contributed by atoms with E-state index in [1.54, 1.807) is 6.92 Å². The summed E-state index contributed by atoms with van der Waals surface area (Å²) in [5.41, 5.74) is 2.39. The minimum absolute atomic E-state index is 0.0454. The quantitative estimate of drug-likeness (QED) is 0.805. The minimum Gasteiger partial charge on any atom is -0.490 e. The molecule has 1 aromatic carbocycles. The van der Waals surface area contributed by atoms with E-state index in [1.165, 1.54) is 30.5 Å². The van der Waals surface area contributed by atoms with E-state index in [0.717, 1.165) is 6.42 Å². The molecule has 0 atom stereocenters. The van der Waals surface area contributed by atoms with Crippen LogP contribution in [0.2, 0.25) is 0 Å². The summed E-state index contributed by atoms with van der Waals surface area (Å²) in [6.45, 7) is 2.56. The largest absolute Gasteiger partial charge is 0.490 e. The first kappa shape index (κ1) is 16.3. The summed E-state index contributed by atoms with van der Waals surface area (Å²) in [4.78, 5) is 13.9. The number of rotatable bonds is 4. The molecule has 3 rings (SSSR count). The van der Waals surface area contributed by atoms with Gasteiger partial charge in [-0.2, -0.15) is 0 Å². The molecule has 0 saturated carbocycles. The van der Waals surface area contributed by atoms with Crippen molar-refractivity contribution < 1.29 is 27.1 Å². The molecule has 2 aromatic rings. The number of carbonyl (C=O) groups excluding carboxylic acids is 1. The van der Waals surface area contributed by atoms with Crippen molar-refractivity contribution in [3.63, 3.8) is 0 Å². The van der Waals surface area contributed by atoms with Gasteiger partial charge in [-0.3, -0.25) is 10.2 Å². The predicted molar refractivity (Wildman–Crippen MR) is 83.3 cm³/mol. The van der Waals surface area contributed by atoms with E-state index in [1.807, 2.05) is 4.83 Å². The van der Waals surface area contributed by atoms with Gasteiger partial charge in [0.15, 0.2) is 11.5 Å². The van der Waals surface area contributed by atoms with E-state index in [0.29, 0.717) is 30.5 Å². The molecule has 0 unspecified atom stereocenters. The topological polar surface area (TPSA) is 107 Å². The monoisotopic (exact) mass is 352 g/mol. The second kappa shape index (κ2) is 6.54. The smallest absolute Gasteiger partial charge is 0.269 e. The molecule has 1 aliphatic heterocycles. The standard InChI is InChI=1S/C15H16N2O6S/c1-10-12(5-8-21-10)15(18)16-17-24(19,20)11-3-4-13-14(9-11)23-7-2-6-22-13/h3-5,8-9,17H,2,6-7H2,1H3,(H,16,18). The van der Waals surface area contributed by atoms with E-state index in [4.69, 9.17) is 13.9 Å². The zero-order chi connectivity index (χ0) is 17.2. The van der Waals surface area contributed by atoms with Crippen molar-refractivity contribution in [3.8, 4) is 11.5 Å². The van der Waals surface area contributed by atoms with Crippen LogP contribution < -0.4 is 19.7 Å². The summed E-state index contributed by atoms with van der Waals surface area (Å²) in [6.07, 6.45) is 2.07. The molecule has 0 saturated heterocycles. The second-order valence-corrected chi connectivity index (χ2v) is 6.79. The molecule has 1 aliphatic rings. The molecule has 0 radical (unpaired) electrons. The molecule has 1 aromatic heterocycles. The van der Waals surface area contributed by atoms with E-state index >= 15 is 0 Å². The average Bonchev–Trinajstić information content (AvgIpc) is 2.85. The van der Waals surface area contributed by atoms with Gasteiger partial charge in [0.05, 0.1) is 29.9 Å². The summed E-state index contributed by atoms with van der Waals surface area (Å²) in [6, 6.07) is 5.72. The SMILES string of the molecule is Cc1occc1C(=O)NNS(=O)(=O)c1ccc2c(c1)OCCCO2. The average molecular weight is 352 g/mol. The summed E-state index contributed by atoms with van der Waals surface area (Å²) in [5, 5.41) is 0. The Labute approximate surface area is 138 Å². The molecular weight excluding hydrogens is 336 g/mol. The Balaban J connectivity index is 1.75. The van der Waals surface area contributed by atoms with E-state index in [9.17, 15) is 13.2 Å². The maximum Gasteiger partial charge on any atom is 0.269 e. The molecule has 128 valence electrons. The zero-order valence-corrected chi connectivity index (χ0v) is 13.7. The maximum absolute atomic E-state index is 12.3. The number of sulfonamides is 1. The van der Waals surface area contributed by atoms with Crippen LogP contribution in [0.4, 0.5) is 0 Å². The summed E-state index contributed by atoms with van der Waals surface area (Å²) in [7, 11) is -3.95. The highest BCUT2D eigenvalue weighted by atomic mass is 32.2. The Morgan fingerprint density at radius 2 is 1.88 bits per heavy atom. The molecule has 8 nitrogen and oxygen atoms in total. The number of ether oxygens (including phenoxy) is 2. The number of hydrazine groups is 1. The van der Waals surface area contributed by atoms with Gasteiger partial charge in [0.2, 0.25) is 0 Å². The summed E-state index contributed by atoms with van der Waals surface area (Å²) < 4.78 is 40.6. The van der Waals surface area contributed by atoms with Gasteiger partial charge in [-0.15, -0.1) is 4.83 Å².